The van der Waals surface area contributed by atoms with Crippen molar-refractivity contribution in [2.75, 3.05) is 0 Å². The molecular weight excluding hydrogens is 178 g/mol. The van der Waals surface area contributed by atoms with Crippen LogP contribution in [0, 0.1) is 0 Å². The van der Waals surface area contributed by atoms with Gasteiger partial charge < -0.3 is 9.52 Å². The molecule has 14 heavy (non-hydrogen) atoms. The molecule has 2 rings (SSSR count). The molecule has 1 N–H and O–H groups in total. The molecule has 1 aromatic heterocycles. The lowest BCUT2D eigenvalue weighted by atomic mass is 10.2. The van der Waals surface area contributed by atoms with E-state index in [9.17, 15) is 5.11 Å². The Hall–Kier alpha value is -1.51. The Morgan fingerprint density at radius 1 is 1.36 bits per heavy atom. The Kier molecular flexibility index (Phi) is 2.79. The first-order valence-electron chi connectivity index (χ1n) is 4.26. The van der Waals surface area contributed by atoms with Gasteiger partial charge in [0.15, 0.2) is 11.5 Å². The molecule has 0 radical (unpaired) electrons. The first kappa shape index (κ1) is 10.6. The highest BCUT2D eigenvalue weighted by molar-refractivity contribution is 5.74. The van der Waals surface area contributed by atoms with Gasteiger partial charge >= 0.3 is 0 Å². The van der Waals surface area contributed by atoms with Gasteiger partial charge in [0, 0.05) is 12.0 Å². The summed E-state index contributed by atoms with van der Waals surface area (Å²) in [7, 11) is 0. The molecule has 0 aliphatic rings. The van der Waals surface area contributed by atoms with Gasteiger partial charge in [-0.15, -0.1) is 0 Å². The topological polar surface area (TPSA) is 46.3 Å². The van der Waals surface area contributed by atoms with E-state index in [1.165, 1.54) is 0 Å². The standard InChI is InChI=1S/C10H11NO2.CH4/c1-6(2)10-11-8-5-7(12)3-4-9(8)13-10;/h3-6,12H,1-2H3;1H4. The summed E-state index contributed by atoms with van der Waals surface area (Å²) in [6.45, 7) is 4.04. The van der Waals surface area contributed by atoms with Crippen LogP contribution in [0.3, 0.4) is 0 Å². The lowest BCUT2D eigenvalue weighted by molar-refractivity contribution is 0.475. The number of nitrogens with zero attached hydrogens (tertiary/aromatic N) is 1. The first-order valence-corrected chi connectivity index (χ1v) is 4.26. The second kappa shape index (κ2) is 3.70. The molecule has 1 aromatic carbocycles. The summed E-state index contributed by atoms with van der Waals surface area (Å²) in [4.78, 5) is 4.25. The van der Waals surface area contributed by atoms with E-state index in [-0.39, 0.29) is 19.1 Å². The minimum Gasteiger partial charge on any atom is -0.508 e. The van der Waals surface area contributed by atoms with Crippen LogP contribution in [0.5, 0.6) is 5.75 Å². The third-order valence-corrected chi connectivity index (χ3v) is 1.88. The summed E-state index contributed by atoms with van der Waals surface area (Å²) >= 11 is 0. The Morgan fingerprint density at radius 3 is 2.71 bits per heavy atom. The molecule has 0 unspecified atom stereocenters. The summed E-state index contributed by atoms with van der Waals surface area (Å²) in [5.74, 6) is 1.20. The van der Waals surface area contributed by atoms with Gasteiger partial charge in [-0.05, 0) is 12.1 Å². The Labute approximate surface area is 83.4 Å². The van der Waals surface area contributed by atoms with Gasteiger partial charge in [-0.1, -0.05) is 21.3 Å². The van der Waals surface area contributed by atoms with E-state index in [0.717, 1.165) is 5.58 Å². The van der Waals surface area contributed by atoms with Crippen molar-refractivity contribution >= 4 is 11.1 Å². The van der Waals surface area contributed by atoms with E-state index in [0.29, 0.717) is 11.4 Å². The highest BCUT2D eigenvalue weighted by Crippen LogP contribution is 2.23. The number of hydrogen-bond acceptors (Lipinski definition) is 3. The van der Waals surface area contributed by atoms with Crippen molar-refractivity contribution in [1.82, 2.24) is 4.98 Å². The molecule has 1 heterocycles. The summed E-state index contributed by atoms with van der Waals surface area (Å²) in [6, 6.07) is 4.92. The molecule has 3 nitrogen and oxygen atoms in total. The smallest absolute Gasteiger partial charge is 0.198 e. The second-order valence-corrected chi connectivity index (χ2v) is 3.36. The number of aromatic nitrogens is 1. The van der Waals surface area contributed by atoms with Gasteiger partial charge in [0.1, 0.15) is 11.3 Å². The average molecular weight is 193 g/mol. The lowest BCUT2D eigenvalue weighted by Crippen LogP contribution is -1.84. The molecule has 0 aliphatic heterocycles. The van der Waals surface area contributed by atoms with Crippen molar-refractivity contribution in [2.45, 2.75) is 27.2 Å². The fourth-order valence-electron chi connectivity index (χ4n) is 1.18. The molecular formula is C11H15NO2. The second-order valence-electron chi connectivity index (χ2n) is 3.36. The van der Waals surface area contributed by atoms with E-state index in [1.54, 1.807) is 18.2 Å². The molecule has 0 bridgehead atoms. The number of oxazole rings is 1. The predicted octanol–water partition coefficient (Wildman–Crippen LogP) is 3.29. The van der Waals surface area contributed by atoms with E-state index in [4.69, 9.17) is 4.42 Å². The third kappa shape index (κ3) is 1.71. The normalized spacial score (nSPS) is 10.5. The van der Waals surface area contributed by atoms with Crippen molar-refractivity contribution < 1.29 is 9.52 Å². The van der Waals surface area contributed by atoms with Crippen LogP contribution in [-0.2, 0) is 0 Å². The number of fused-ring (bicyclic) bond motifs is 1. The minimum atomic E-state index is 0. The number of phenols is 1. The van der Waals surface area contributed by atoms with Crippen LogP contribution in [-0.4, -0.2) is 10.1 Å². The molecule has 0 saturated heterocycles. The fraction of sp³-hybridized carbons (Fsp3) is 0.364. The fourth-order valence-corrected chi connectivity index (χ4v) is 1.18. The predicted molar refractivity (Wildman–Crippen MR) is 56.5 cm³/mol. The summed E-state index contributed by atoms with van der Waals surface area (Å²) < 4.78 is 5.46. The molecule has 0 fully saturated rings. The van der Waals surface area contributed by atoms with Gasteiger partial charge in [-0.25, -0.2) is 4.98 Å². The summed E-state index contributed by atoms with van der Waals surface area (Å²) in [5.41, 5.74) is 1.44. The zero-order valence-corrected chi connectivity index (χ0v) is 7.61. The molecule has 0 spiro atoms. The Bertz CT molecular complexity index is 432. The van der Waals surface area contributed by atoms with Gasteiger partial charge in [0.05, 0.1) is 0 Å². The van der Waals surface area contributed by atoms with Gasteiger partial charge in [-0.2, -0.15) is 0 Å². The Morgan fingerprint density at radius 2 is 2.07 bits per heavy atom. The van der Waals surface area contributed by atoms with Gasteiger partial charge in [-0.3, -0.25) is 0 Å². The van der Waals surface area contributed by atoms with Crippen LogP contribution in [0.15, 0.2) is 22.6 Å². The molecule has 0 atom stereocenters. The zero-order chi connectivity index (χ0) is 9.42. The monoisotopic (exact) mass is 193 g/mol. The summed E-state index contributed by atoms with van der Waals surface area (Å²) in [5, 5.41) is 9.20. The molecule has 0 amide bonds. The van der Waals surface area contributed by atoms with Crippen LogP contribution in [0.4, 0.5) is 0 Å². The first-order chi connectivity index (χ1) is 6.16. The van der Waals surface area contributed by atoms with E-state index >= 15 is 0 Å². The lowest BCUT2D eigenvalue weighted by Gasteiger charge is -1.93. The van der Waals surface area contributed by atoms with Crippen molar-refractivity contribution in [3.8, 4) is 5.75 Å². The third-order valence-electron chi connectivity index (χ3n) is 1.88. The Balaban J connectivity index is 0.000000980. The molecule has 76 valence electrons. The molecule has 0 saturated carbocycles. The number of rotatable bonds is 1. The van der Waals surface area contributed by atoms with E-state index < -0.39 is 0 Å². The van der Waals surface area contributed by atoms with Crippen molar-refractivity contribution in [3.63, 3.8) is 0 Å². The van der Waals surface area contributed by atoms with Gasteiger partial charge in [0.2, 0.25) is 0 Å². The number of benzene rings is 1. The van der Waals surface area contributed by atoms with Crippen molar-refractivity contribution in [2.24, 2.45) is 0 Å². The largest absolute Gasteiger partial charge is 0.508 e. The minimum absolute atomic E-state index is 0. The highest BCUT2D eigenvalue weighted by Gasteiger charge is 2.08. The van der Waals surface area contributed by atoms with E-state index in [1.807, 2.05) is 13.8 Å². The van der Waals surface area contributed by atoms with Crippen LogP contribution in [0.25, 0.3) is 11.1 Å². The number of phenolic OH excluding ortho intramolecular Hbond substituents is 1. The maximum absolute atomic E-state index is 9.20. The molecule has 2 aromatic rings. The average Bonchev–Trinajstić information content (AvgIpc) is 2.46. The quantitative estimate of drug-likeness (QED) is 0.755. The zero-order valence-electron chi connectivity index (χ0n) is 7.61. The maximum Gasteiger partial charge on any atom is 0.198 e. The van der Waals surface area contributed by atoms with Crippen LogP contribution in [0.1, 0.15) is 33.1 Å². The van der Waals surface area contributed by atoms with Crippen LogP contribution < -0.4 is 0 Å². The maximum atomic E-state index is 9.20. The molecule has 0 aliphatic carbocycles. The summed E-state index contributed by atoms with van der Waals surface area (Å²) in [6.07, 6.45) is 0. The van der Waals surface area contributed by atoms with E-state index in [2.05, 4.69) is 4.98 Å². The molecule has 3 heteroatoms. The number of aromatic hydroxyl groups is 1. The van der Waals surface area contributed by atoms with Crippen molar-refractivity contribution in [3.05, 3.63) is 24.1 Å². The van der Waals surface area contributed by atoms with Crippen molar-refractivity contribution in [1.29, 1.82) is 0 Å². The van der Waals surface area contributed by atoms with Gasteiger partial charge in [0.25, 0.3) is 0 Å². The SMILES string of the molecule is C.CC(C)c1nc2cc(O)ccc2o1. The van der Waals surface area contributed by atoms with Crippen LogP contribution >= 0.6 is 0 Å². The highest BCUT2D eigenvalue weighted by atomic mass is 16.3. The number of hydrogen-bond donors (Lipinski definition) is 1. The van der Waals surface area contributed by atoms with Crippen LogP contribution in [0.2, 0.25) is 0 Å².